The third kappa shape index (κ3) is 4.08. The fourth-order valence-electron chi connectivity index (χ4n) is 4.15. The molecule has 7 nitrogen and oxygen atoms in total. The predicted octanol–water partition coefficient (Wildman–Crippen LogP) is 1.89. The van der Waals surface area contributed by atoms with Crippen LogP contribution in [0.4, 0.5) is 0 Å². The van der Waals surface area contributed by atoms with Crippen LogP contribution in [0, 0.1) is 6.92 Å². The molecule has 1 amide bonds. The Bertz CT molecular complexity index is 801. The first-order valence-electron chi connectivity index (χ1n) is 10.1. The first kappa shape index (κ1) is 18.2. The number of fused-ring (bicyclic) bond motifs is 1. The predicted molar refractivity (Wildman–Crippen MR) is 103 cm³/mol. The van der Waals surface area contributed by atoms with E-state index in [9.17, 15) is 4.79 Å². The summed E-state index contributed by atoms with van der Waals surface area (Å²) in [5.41, 5.74) is 4.84. The molecule has 2 aliphatic heterocycles. The van der Waals surface area contributed by atoms with Gasteiger partial charge in [0.05, 0.1) is 17.6 Å². The Hall–Kier alpha value is -2.15. The topological polar surface area (TPSA) is 59.2 Å². The van der Waals surface area contributed by atoms with E-state index in [1.165, 1.54) is 17.0 Å². The molecular weight excluding hydrogens is 340 g/mol. The van der Waals surface area contributed by atoms with Crippen molar-refractivity contribution in [3.05, 3.63) is 34.9 Å². The van der Waals surface area contributed by atoms with Gasteiger partial charge in [-0.05, 0) is 32.3 Å². The van der Waals surface area contributed by atoms with Gasteiger partial charge < -0.3 is 4.90 Å². The lowest BCUT2D eigenvalue weighted by molar-refractivity contribution is -0.130. The van der Waals surface area contributed by atoms with Gasteiger partial charge in [-0.3, -0.25) is 19.1 Å². The van der Waals surface area contributed by atoms with E-state index in [1.54, 1.807) is 0 Å². The quantitative estimate of drug-likeness (QED) is 0.806. The van der Waals surface area contributed by atoms with Crippen molar-refractivity contribution < 1.29 is 4.79 Å². The van der Waals surface area contributed by atoms with Crippen molar-refractivity contribution >= 4 is 5.91 Å². The summed E-state index contributed by atoms with van der Waals surface area (Å²) in [5.74, 6) is 0.282. The Balaban J connectivity index is 1.37. The lowest BCUT2D eigenvalue weighted by Crippen LogP contribution is -2.27. The van der Waals surface area contributed by atoms with Gasteiger partial charge in [-0.2, -0.15) is 10.2 Å². The van der Waals surface area contributed by atoms with Crippen molar-refractivity contribution in [3.8, 4) is 0 Å². The zero-order valence-corrected chi connectivity index (χ0v) is 16.5. The molecule has 0 bridgehead atoms. The second-order valence-electron chi connectivity index (χ2n) is 7.88. The zero-order valence-electron chi connectivity index (χ0n) is 16.5. The molecule has 0 N–H and O–H groups in total. The summed E-state index contributed by atoms with van der Waals surface area (Å²) in [4.78, 5) is 16.8. The summed E-state index contributed by atoms with van der Waals surface area (Å²) < 4.78 is 4.08. The Kier molecular flexibility index (Phi) is 5.29. The molecule has 0 radical (unpaired) electrons. The van der Waals surface area contributed by atoms with Crippen LogP contribution < -0.4 is 0 Å². The largest absolute Gasteiger partial charge is 0.343 e. The molecule has 2 aromatic rings. The first-order valence-corrected chi connectivity index (χ1v) is 10.1. The summed E-state index contributed by atoms with van der Waals surface area (Å²) in [6.45, 7) is 7.84. The molecule has 2 aromatic heterocycles. The van der Waals surface area contributed by atoms with Gasteiger partial charge in [0.25, 0.3) is 0 Å². The van der Waals surface area contributed by atoms with Crippen LogP contribution in [0.15, 0.2) is 12.3 Å². The molecule has 7 heteroatoms. The summed E-state index contributed by atoms with van der Waals surface area (Å²) in [6, 6.07) is 2.20. The second kappa shape index (κ2) is 7.84. The van der Waals surface area contributed by atoms with Crippen molar-refractivity contribution in [2.75, 3.05) is 19.6 Å². The van der Waals surface area contributed by atoms with Crippen molar-refractivity contribution in [1.82, 2.24) is 29.4 Å². The average molecular weight is 371 g/mol. The van der Waals surface area contributed by atoms with E-state index < -0.39 is 0 Å². The van der Waals surface area contributed by atoms with Gasteiger partial charge in [-0.1, -0.05) is 0 Å². The van der Waals surface area contributed by atoms with Crippen LogP contribution in [-0.2, 0) is 37.9 Å². The fraction of sp³-hybridized carbons (Fsp3) is 0.650. The van der Waals surface area contributed by atoms with Crippen molar-refractivity contribution in [3.63, 3.8) is 0 Å². The molecule has 1 saturated heterocycles. The molecule has 0 saturated carbocycles. The highest BCUT2D eigenvalue weighted by molar-refractivity contribution is 5.76. The summed E-state index contributed by atoms with van der Waals surface area (Å²) in [7, 11) is 1.99. The van der Waals surface area contributed by atoms with E-state index in [1.807, 2.05) is 22.8 Å². The van der Waals surface area contributed by atoms with Crippen LogP contribution in [0.1, 0.15) is 48.3 Å². The smallest absolute Gasteiger partial charge is 0.222 e. The minimum Gasteiger partial charge on any atom is -0.343 e. The number of amides is 1. The van der Waals surface area contributed by atoms with Gasteiger partial charge in [0, 0.05) is 70.4 Å². The highest BCUT2D eigenvalue weighted by Crippen LogP contribution is 2.19. The normalized spacial score (nSPS) is 17.9. The molecule has 0 atom stereocenters. The Morgan fingerprint density at radius 2 is 1.96 bits per heavy atom. The number of hydrogen-bond donors (Lipinski definition) is 0. The molecular formula is C20H30N6O. The van der Waals surface area contributed by atoms with E-state index in [2.05, 4.69) is 27.7 Å². The fourth-order valence-corrected chi connectivity index (χ4v) is 4.15. The van der Waals surface area contributed by atoms with Crippen molar-refractivity contribution in [1.29, 1.82) is 0 Å². The van der Waals surface area contributed by atoms with E-state index >= 15 is 0 Å². The SMILES string of the molecule is Cc1c(CN2CCCn3nc(CCC(=O)N4CCCC4)cc3C2)cnn1C. The molecule has 2 aliphatic rings. The Morgan fingerprint density at radius 1 is 1.15 bits per heavy atom. The number of aromatic nitrogens is 4. The number of rotatable bonds is 5. The zero-order chi connectivity index (χ0) is 18.8. The second-order valence-corrected chi connectivity index (χ2v) is 7.88. The van der Waals surface area contributed by atoms with Crippen LogP contribution in [0.3, 0.4) is 0 Å². The van der Waals surface area contributed by atoms with E-state index in [0.717, 1.165) is 70.6 Å². The molecule has 0 aromatic carbocycles. The molecule has 0 aliphatic carbocycles. The average Bonchev–Trinajstić information content (AvgIpc) is 3.36. The monoisotopic (exact) mass is 370 g/mol. The Morgan fingerprint density at radius 3 is 2.70 bits per heavy atom. The van der Waals surface area contributed by atoms with Crippen molar-refractivity contribution in [2.24, 2.45) is 7.05 Å². The van der Waals surface area contributed by atoms with Gasteiger partial charge in [-0.25, -0.2) is 0 Å². The van der Waals surface area contributed by atoms with Crippen LogP contribution in [0.2, 0.25) is 0 Å². The minimum atomic E-state index is 0.282. The van der Waals surface area contributed by atoms with Crippen LogP contribution in [-0.4, -0.2) is 54.9 Å². The number of carbonyl (C=O) groups is 1. The van der Waals surface area contributed by atoms with Gasteiger partial charge >= 0.3 is 0 Å². The summed E-state index contributed by atoms with van der Waals surface area (Å²) >= 11 is 0. The van der Waals surface area contributed by atoms with E-state index in [0.29, 0.717) is 6.42 Å². The maximum absolute atomic E-state index is 12.3. The van der Waals surface area contributed by atoms with E-state index in [-0.39, 0.29) is 5.91 Å². The first-order chi connectivity index (χ1) is 13.1. The molecule has 4 heterocycles. The molecule has 146 valence electrons. The highest BCUT2D eigenvalue weighted by Gasteiger charge is 2.20. The number of likely N-dealkylation sites (tertiary alicyclic amines) is 1. The van der Waals surface area contributed by atoms with Gasteiger partial charge in [0.2, 0.25) is 5.91 Å². The number of hydrogen-bond acceptors (Lipinski definition) is 4. The van der Waals surface area contributed by atoms with Crippen LogP contribution in [0.25, 0.3) is 0 Å². The van der Waals surface area contributed by atoms with Gasteiger partial charge in [0.15, 0.2) is 0 Å². The maximum atomic E-state index is 12.3. The number of carbonyl (C=O) groups excluding carboxylic acids is 1. The standard InChI is InChI=1S/C20H30N6O/c1-16-17(13-21-23(16)2)14-24-8-5-11-26-19(15-24)12-18(22-26)6-7-20(27)25-9-3-4-10-25/h12-13H,3-11,14-15H2,1-2H3. The van der Waals surface area contributed by atoms with Crippen LogP contribution >= 0.6 is 0 Å². The number of aryl methyl sites for hydroxylation is 3. The third-order valence-electron chi connectivity index (χ3n) is 5.93. The lowest BCUT2D eigenvalue weighted by atomic mass is 10.2. The molecule has 4 rings (SSSR count). The summed E-state index contributed by atoms with van der Waals surface area (Å²) in [5, 5.41) is 9.14. The summed E-state index contributed by atoms with van der Waals surface area (Å²) in [6.07, 6.45) is 6.70. The maximum Gasteiger partial charge on any atom is 0.222 e. The molecule has 0 unspecified atom stereocenters. The van der Waals surface area contributed by atoms with Gasteiger partial charge in [0.1, 0.15) is 0 Å². The molecule has 27 heavy (non-hydrogen) atoms. The highest BCUT2D eigenvalue weighted by atomic mass is 16.2. The molecule has 1 fully saturated rings. The Labute approximate surface area is 160 Å². The minimum absolute atomic E-state index is 0.282. The van der Waals surface area contributed by atoms with Crippen LogP contribution in [0.5, 0.6) is 0 Å². The van der Waals surface area contributed by atoms with Gasteiger partial charge in [-0.15, -0.1) is 0 Å². The molecule has 0 spiro atoms. The lowest BCUT2D eigenvalue weighted by Gasteiger charge is -2.19. The van der Waals surface area contributed by atoms with E-state index in [4.69, 9.17) is 5.10 Å². The third-order valence-corrected chi connectivity index (χ3v) is 5.93. The number of nitrogens with zero attached hydrogens (tertiary/aromatic N) is 6. The van der Waals surface area contributed by atoms with Crippen molar-refractivity contribution in [2.45, 2.75) is 58.7 Å².